The van der Waals surface area contributed by atoms with Gasteiger partial charge < -0.3 is 9.73 Å². The molecule has 8 heteroatoms. The van der Waals surface area contributed by atoms with E-state index in [1.165, 1.54) is 12.3 Å². The second-order valence-corrected chi connectivity index (χ2v) is 5.49. The summed E-state index contributed by atoms with van der Waals surface area (Å²) in [5.41, 5.74) is 0.535. The van der Waals surface area contributed by atoms with E-state index in [0.29, 0.717) is 18.0 Å². The molecule has 0 amide bonds. The van der Waals surface area contributed by atoms with Crippen molar-refractivity contribution in [3.8, 4) is 0 Å². The molecule has 2 N–H and O–H groups in total. The quantitative estimate of drug-likeness (QED) is 0.789. The average molecular weight is 282 g/mol. The van der Waals surface area contributed by atoms with E-state index in [0.717, 1.165) is 0 Å². The summed E-state index contributed by atoms with van der Waals surface area (Å²) in [5.74, 6) is 0.558. The largest absolute Gasteiger partial charge is 0.447 e. The molecule has 0 saturated heterocycles. The molecule has 0 unspecified atom stereocenters. The third kappa shape index (κ3) is 3.60. The van der Waals surface area contributed by atoms with Crippen molar-refractivity contribution < 1.29 is 12.8 Å². The van der Waals surface area contributed by atoms with Crippen molar-refractivity contribution in [2.75, 3.05) is 7.05 Å². The van der Waals surface area contributed by atoms with E-state index in [-0.39, 0.29) is 11.6 Å². The van der Waals surface area contributed by atoms with E-state index in [4.69, 9.17) is 4.42 Å². The molecule has 0 aliphatic carbocycles. The van der Waals surface area contributed by atoms with Crippen LogP contribution >= 0.6 is 0 Å². The van der Waals surface area contributed by atoms with Crippen LogP contribution in [0.15, 0.2) is 40.0 Å². The Labute approximate surface area is 111 Å². The van der Waals surface area contributed by atoms with Gasteiger partial charge in [-0.15, -0.1) is 0 Å². The van der Waals surface area contributed by atoms with Crippen LogP contribution in [-0.4, -0.2) is 25.7 Å². The molecule has 0 spiro atoms. The van der Waals surface area contributed by atoms with Crippen molar-refractivity contribution >= 4 is 10.0 Å². The fraction of sp³-hybridized carbons (Fsp3) is 0.273. The fourth-order valence-corrected chi connectivity index (χ4v) is 2.38. The highest BCUT2D eigenvalue weighted by Crippen LogP contribution is 2.13. The van der Waals surface area contributed by atoms with Gasteiger partial charge in [-0.2, -0.15) is 10.2 Å². The standard InChI is InChI=1S/C11H14N4O3S/c1-12-8-10-4-5-11(18-10)19(16,17)14-7-9-3-2-6-13-15-9/h2-6,12,14H,7-8H2,1H3. The summed E-state index contributed by atoms with van der Waals surface area (Å²) < 4.78 is 31.5. The smallest absolute Gasteiger partial charge is 0.274 e. The number of nitrogens with one attached hydrogen (secondary N) is 2. The predicted molar refractivity (Wildman–Crippen MR) is 67.5 cm³/mol. The summed E-state index contributed by atoms with van der Waals surface area (Å²) in [5, 5.41) is 10.2. The van der Waals surface area contributed by atoms with E-state index in [1.54, 1.807) is 25.2 Å². The first-order valence-electron chi connectivity index (χ1n) is 5.61. The van der Waals surface area contributed by atoms with Gasteiger partial charge in [0.1, 0.15) is 5.76 Å². The minimum absolute atomic E-state index is 0.0677. The van der Waals surface area contributed by atoms with Gasteiger partial charge in [0, 0.05) is 6.20 Å². The SMILES string of the molecule is CNCc1ccc(S(=O)(=O)NCc2cccnn2)o1. The lowest BCUT2D eigenvalue weighted by molar-refractivity contribution is 0.404. The van der Waals surface area contributed by atoms with Crippen LogP contribution in [-0.2, 0) is 23.1 Å². The highest BCUT2D eigenvalue weighted by Gasteiger charge is 2.18. The molecule has 0 fully saturated rings. The molecule has 0 aromatic carbocycles. The van der Waals surface area contributed by atoms with Crippen LogP contribution in [0.3, 0.4) is 0 Å². The molecule has 2 aromatic heterocycles. The maximum atomic E-state index is 11.9. The monoisotopic (exact) mass is 282 g/mol. The zero-order valence-electron chi connectivity index (χ0n) is 10.3. The lowest BCUT2D eigenvalue weighted by Gasteiger charge is -2.03. The highest BCUT2D eigenvalue weighted by molar-refractivity contribution is 7.89. The van der Waals surface area contributed by atoms with E-state index in [2.05, 4.69) is 20.2 Å². The molecule has 0 aliphatic heterocycles. The Hall–Kier alpha value is -1.77. The van der Waals surface area contributed by atoms with E-state index in [9.17, 15) is 8.42 Å². The highest BCUT2D eigenvalue weighted by atomic mass is 32.2. The molecular formula is C11H14N4O3S. The Balaban J connectivity index is 2.05. The number of nitrogens with zero attached hydrogens (tertiary/aromatic N) is 2. The van der Waals surface area contributed by atoms with Crippen molar-refractivity contribution in [3.05, 3.63) is 41.9 Å². The molecule has 0 radical (unpaired) electrons. The Morgan fingerprint density at radius 3 is 2.79 bits per heavy atom. The molecule has 0 saturated carbocycles. The minimum Gasteiger partial charge on any atom is -0.447 e. The van der Waals surface area contributed by atoms with Gasteiger partial charge in [0.2, 0.25) is 5.09 Å². The topological polar surface area (TPSA) is 97.1 Å². The summed E-state index contributed by atoms with van der Waals surface area (Å²) in [7, 11) is -1.92. The Kier molecular flexibility index (Phi) is 4.25. The summed E-state index contributed by atoms with van der Waals surface area (Å²) in [6.45, 7) is 0.540. The normalized spacial score (nSPS) is 11.6. The van der Waals surface area contributed by atoms with Crippen molar-refractivity contribution in [2.45, 2.75) is 18.2 Å². The Morgan fingerprint density at radius 2 is 2.11 bits per heavy atom. The van der Waals surface area contributed by atoms with E-state index in [1.807, 2.05) is 0 Å². The van der Waals surface area contributed by atoms with E-state index >= 15 is 0 Å². The third-order valence-electron chi connectivity index (χ3n) is 2.32. The maximum Gasteiger partial charge on any atom is 0.274 e. The Morgan fingerprint density at radius 1 is 1.26 bits per heavy atom. The van der Waals surface area contributed by atoms with Gasteiger partial charge in [-0.1, -0.05) is 0 Å². The molecule has 0 atom stereocenters. The maximum absolute atomic E-state index is 11.9. The number of furan rings is 1. The van der Waals surface area contributed by atoms with Crippen LogP contribution in [0, 0.1) is 0 Å². The first-order chi connectivity index (χ1) is 9.12. The van der Waals surface area contributed by atoms with Crippen LogP contribution in [0.5, 0.6) is 0 Å². The average Bonchev–Trinajstić information content (AvgIpc) is 2.88. The zero-order valence-corrected chi connectivity index (χ0v) is 11.1. The van der Waals surface area contributed by atoms with Gasteiger partial charge in [0.05, 0.1) is 18.8 Å². The van der Waals surface area contributed by atoms with Crippen molar-refractivity contribution in [1.29, 1.82) is 0 Å². The van der Waals surface area contributed by atoms with Gasteiger partial charge in [0.25, 0.3) is 10.0 Å². The van der Waals surface area contributed by atoms with Crippen molar-refractivity contribution in [1.82, 2.24) is 20.2 Å². The fourth-order valence-electron chi connectivity index (χ4n) is 1.44. The number of sulfonamides is 1. The van der Waals surface area contributed by atoms with Crippen LogP contribution in [0.4, 0.5) is 0 Å². The van der Waals surface area contributed by atoms with Gasteiger partial charge in [0.15, 0.2) is 0 Å². The molecule has 0 aliphatic rings. The Bertz CT molecular complexity index is 624. The van der Waals surface area contributed by atoms with Crippen LogP contribution in [0.2, 0.25) is 0 Å². The second kappa shape index (κ2) is 5.91. The van der Waals surface area contributed by atoms with Crippen molar-refractivity contribution in [2.24, 2.45) is 0 Å². The van der Waals surface area contributed by atoms with Crippen LogP contribution in [0.1, 0.15) is 11.5 Å². The summed E-state index contributed by atoms with van der Waals surface area (Å²) >= 11 is 0. The van der Waals surface area contributed by atoms with Gasteiger partial charge in [-0.3, -0.25) is 0 Å². The molecule has 2 aromatic rings. The lowest BCUT2D eigenvalue weighted by atomic mass is 10.4. The van der Waals surface area contributed by atoms with Crippen LogP contribution < -0.4 is 10.0 Å². The van der Waals surface area contributed by atoms with E-state index < -0.39 is 10.0 Å². The molecule has 0 bridgehead atoms. The van der Waals surface area contributed by atoms with Gasteiger partial charge in [-0.25, -0.2) is 13.1 Å². The predicted octanol–water partition coefficient (Wildman–Crippen LogP) is 0.267. The second-order valence-electron chi connectivity index (χ2n) is 3.79. The molecule has 2 heterocycles. The van der Waals surface area contributed by atoms with Crippen molar-refractivity contribution in [3.63, 3.8) is 0 Å². The molecular weight excluding hydrogens is 268 g/mol. The zero-order chi connectivity index (χ0) is 13.7. The number of hydrogen-bond donors (Lipinski definition) is 2. The molecule has 19 heavy (non-hydrogen) atoms. The summed E-state index contributed by atoms with van der Waals surface area (Å²) in [4.78, 5) is 0. The summed E-state index contributed by atoms with van der Waals surface area (Å²) in [6.07, 6.45) is 1.52. The first-order valence-corrected chi connectivity index (χ1v) is 7.10. The first kappa shape index (κ1) is 13.7. The summed E-state index contributed by atoms with van der Waals surface area (Å²) in [6, 6.07) is 6.41. The number of rotatable bonds is 6. The van der Waals surface area contributed by atoms with Gasteiger partial charge in [-0.05, 0) is 31.3 Å². The lowest BCUT2D eigenvalue weighted by Crippen LogP contribution is -2.23. The molecule has 2 rings (SSSR count). The molecule has 102 valence electrons. The minimum atomic E-state index is -3.67. The van der Waals surface area contributed by atoms with Crippen LogP contribution in [0.25, 0.3) is 0 Å². The van der Waals surface area contributed by atoms with Gasteiger partial charge >= 0.3 is 0 Å². The molecule has 7 nitrogen and oxygen atoms in total. The number of aromatic nitrogens is 2. The number of hydrogen-bond acceptors (Lipinski definition) is 6. The third-order valence-corrected chi connectivity index (χ3v) is 3.60.